The number of aliphatic carboxylic acids is 1. The molecule has 3 N–H and O–H groups in total. The molecule has 1 aliphatic heterocycles. The van der Waals surface area contributed by atoms with E-state index >= 15 is 0 Å². The summed E-state index contributed by atoms with van der Waals surface area (Å²) in [5.41, 5.74) is -0.509. The van der Waals surface area contributed by atoms with Crippen LogP contribution in [0, 0.1) is 11.8 Å². The molecule has 7 nitrogen and oxygen atoms in total. The van der Waals surface area contributed by atoms with Gasteiger partial charge in [0.15, 0.2) is 0 Å². The Hall–Kier alpha value is -2.57. The van der Waals surface area contributed by atoms with Crippen molar-refractivity contribution in [3.05, 3.63) is 30.3 Å². The van der Waals surface area contributed by atoms with E-state index in [1.807, 2.05) is 13.0 Å². The smallest absolute Gasteiger partial charge is 0.320 e. The van der Waals surface area contributed by atoms with Crippen LogP contribution in [0.25, 0.3) is 0 Å². The summed E-state index contributed by atoms with van der Waals surface area (Å²) >= 11 is 0. The van der Waals surface area contributed by atoms with Gasteiger partial charge in [-0.25, -0.2) is 4.79 Å². The maximum Gasteiger partial charge on any atom is 0.320 e. The van der Waals surface area contributed by atoms with E-state index in [1.165, 1.54) is 4.90 Å². The van der Waals surface area contributed by atoms with Gasteiger partial charge >= 0.3 is 12.0 Å². The zero-order chi connectivity index (χ0) is 17.9. The Labute approximate surface area is 141 Å². The van der Waals surface area contributed by atoms with E-state index in [0.717, 1.165) is 0 Å². The van der Waals surface area contributed by atoms with Crippen LogP contribution >= 0.6 is 0 Å². The van der Waals surface area contributed by atoms with E-state index in [9.17, 15) is 19.5 Å². The molecule has 0 spiro atoms. The second-order valence-corrected chi connectivity index (χ2v) is 6.70. The second kappa shape index (κ2) is 6.90. The molecule has 0 aliphatic carbocycles. The molecule has 1 fully saturated rings. The van der Waals surface area contributed by atoms with Gasteiger partial charge in [0.25, 0.3) is 0 Å². The Morgan fingerprint density at radius 3 is 2.33 bits per heavy atom. The maximum absolute atomic E-state index is 12.7. The van der Waals surface area contributed by atoms with Crippen molar-refractivity contribution in [3.8, 4) is 0 Å². The minimum atomic E-state index is -1.13. The number of carbonyl (C=O) groups is 3. The number of hydrogen-bond donors (Lipinski definition) is 3. The van der Waals surface area contributed by atoms with E-state index in [0.29, 0.717) is 12.2 Å². The number of benzene rings is 1. The van der Waals surface area contributed by atoms with Crippen LogP contribution < -0.4 is 10.6 Å². The van der Waals surface area contributed by atoms with E-state index in [4.69, 9.17) is 0 Å². The summed E-state index contributed by atoms with van der Waals surface area (Å²) in [6.45, 7) is 5.58. The molecule has 0 aromatic heterocycles. The molecule has 7 heteroatoms. The first-order chi connectivity index (χ1) is 11.2. The zero-order valence-corrected chi connectivity index (χ0v) is 14.1. The minimum Gasteiger partial charge on any atom is -0.481 e. The predicted molar refractivity (Wildman–Crippen MR) is 89.5 cm³/mol. The number of carboxylic acid groups (broad SMARTS) is 1. The number of carbonyl (C=O) groups excluding carboxylic acids is 2. The monoisotopic (exact) mass is 333 g/mol. The van der Waals surface area contributed by atoms with Crippen LogP contribution in [0.4, 0.5) is 10.5 Å². The van der Waals surface area contributed by atoms with Gasteiger partial charge in [0.05, 0.1) is 5.92 Å². The van der Waals surface area contributed by atoms with Gasteiger partial charge in [-0.1, -0.05) is 25.1 Å². The lowest BCUT2D eigenvalue weighted by Crippen LogP contribution is -2.56. The quantitative estimate of drug-likeness (QED) is 0.782. The number of nitrogens with one attached hydrogen (secondary N) is 2. The van der Waals surface area contributed by atoms with Gasteiger partial charge in [0, 0.05) is 18.8 Å². The number of likely N-dealkylation sites (tertiary alicyclic amines) is 1. The maximum atomic E-state index is 12.7. The van der Waals surface area contributed by atoms with Gasteiger partial charge in [-0.3, -0.25) is 9.59 Å². The molecule has 1 aromatic rings. The third-order valence-corrected chi connectivity index (χ3v) is 4.21. The number of carboxylic acids is 1. The number of nitrogens with zero attached hydrogens (tertiary/aromatic N) is 1. The first kappa shape index (κ1) is 17.8. The van der Waals surface area contributed by atoms with Crippen LogP contribution in [-0.4, -0.2) is 46.5 Å². The van der Waals surface area contributed by atoms with Crippen molar-refractivity contribution in [1.29, 1.82) is 0 Å². The molecule has 0 radical (unpaired) electrons. The van der Waals surface area contributed by atoms with Gasteiger partial charge in [-0.05, 0) is 31.9 Å². The molecule has 0 unspecified atom stereocenters. The fourth-order valence-corrected chi connectivity index (χ4v) is 2.87. The molecule has 1 heterocycles. The largest absolute Gasteiger partial charge is 0.481 e. The van der Waals surface area contributed by atoms with Crippen molar-refractivity contribution in [1.82, 2.24) is 10.2 Å². The standard InChI is InChI=1S/C17H23N3O4/c1-11-9-20(10-13(11)14(21)22)15(23)17(2,3)19-16(24)18-12-7-5-4-6-8-12/h4-8,11,13H,9-10H2,1-3H3,(H,21,22)(H2,18,19,24)/t11-,13-/m1/s1. The van der Waals surface area contributed by atoms with Crippen LogP contribution in [0.5, 0.6) is 0 Å². The summed E-state index contributed by atoms with van der Waals surface area (Å²) in [6, 6.07) is 8.43. The van der Waals surface area contributed by atoms with Crippen molar-refractivity contribution in [2.75, 3.05) is 18.4 Å². The number of amides is 3. The summed E-state index contributed by atoms with van der Waals surface area (Å²) in [5.74, 6) is -1.87. The molecular weight excluding hydrogens is 310 g/mol. The molecule has 1 aromatic carbocycles. The van der Waals surface area contributed by atoms with E-state index < -0.39 is 23.5 Å². The molecule has 3 amide bonds. The van der Waals surface area contributed by atoms with Crippen LogP contribution in [0.15, 0.2) is 30.3 Å². The Morgan fingerprint density at radius 2 is 1.79 bits per heavy atom. The molecular formula is C17H23N3O4. The summed E-state index contributed by atoms with van der Waals surface area (Å²) < 4.78 is 0. The third-order valence-electron chi connectivity index (χ3n) is 4.21. The SMILES string of the molecule is C[C@@H]1CN(C(=O)C(C)(C)NC(=O)Nc2ccccc2)C[C@H]1C(=O)O. The normalized spacial score (nSPS) is 20.5. The highest BCUT2D eigenvalue weighted by Crippen LogP contribution is 2.25. The predicted octanol–water partition coefficient (Wildman–Crippen LogP) is 1.77. The van der Waals surface area contributed by atoms with Crippen LogP contribution in [0.2, 0.25) is 0 Å². The lowest BCUT2D eigenvalue weighted by atomic mass is 9.99. The summed E-state index contributed by atoms with van der Waals surface area (Å²) in [5, 5.41) is 14.5. The second-order valence-electron chi connectivity index (χ2n) is 6.70. The number of para-hydroxylation sites is 1. The average Bonchev–Trinajstić information content (AvgIpc) is 2.88. The number of hydrogen-bond acceptors (Lipinski definition) is 3. The highest BCUT2D eigenvalue weighted by atomic mass is 16.4. The molecule has 2 atom stereocenters. The van der Waals surface area contributed by atoms with Gasteiger partial charge in [-0.2, -0.15) is 0 Å². The summed E-state index contributed by atoms with van der Waals surface area (Å²) in [7, 11) is 0. The number of urea groups is 1. The number of rotatable bonds is 4. The van der Waals surface area contributed by atoms with Crippen molar-refractivity contribution in [3.63, 3.8) is 0 Å². The molecule has 130 valence electrons. The van der Waals surface area contributed by atoms with E-state index in [1.54, 1.807) is 38.1 Å². The Balaban J connectivity index is 1.98. The van der Waals surface area contributed by atoms with Gasteiger partial charge in [0.2, 0.25) is 5.91 Å². The minimum absolute atomic E-state index is 0.111. The molecule has 24 heavy (non-hydrogen) atoms. The summed E-state index contributed by atoms with van der Waals surface area (Å²) in [6.07, 6.45) is 0. The molecule has 2 rings (SSSR count). The Morgan fingerprint density at radius 1 is 1.17 bits per heavy atom. The van der Waals surface area contributed by atoms with Crippen molar-refractivity contribution in [2.45, 2.75) is 26.3 Å². The lowest BCUT2D eigenvalue weighted by Gasteiger charge is -2.30. The number of anilines is 1. The summed E-state index contributed by atoms with van der Waals surface area (Å²) in [4.78, 5) is 37.5. The van der Waals surface area contributed by atoms with Gasteiger partial charge in [0.1, 0.15) is 5.54 Å². The van der Waals surface area contributed by atoms with Crippen LogP contribution in [-0.2, 0) is 9.59 Å². The van der Waals surface area contributed by atoms with Crippen LogP contribution in [0.3, 0.4) is 0 Å². The third kappa shape index (κ3) is 4.04. The molecule has 1 aliphatic rings. The Kier molecular flexibility index (Phi) is 5.11. The van der Waals surface area contributed by atoms with Crippen LogP contribution in [0.1, 0.15) is 20.8 Å². The van der Waals surface area contributed by atoms with E-state index in [-0.39, 0.29) is 18.4 Å². The fraction of sp³-hybridized carbons (Fsp3) is 0.471. The average molecular weight is 333 g/mol. The van der Waals surface area contributed by atoms with Crippen molar-refractivity contribution < 1.29 is 19.5 Å². The topological polar surface area (TPSA) is 98.7 Å². The first-order valence-corrected chi connectivity index (χ1v) is 7.87. The lowest BCUT2D eigenvalue weighted by molar-refractivity contribution is -0.142. The van der Waals surface area contributed by atoms with Crippen molar-refractivity contribution >= 4 is 23.6 Å². The van der Waals surface area contributed by atoms with Gasteiger partial charge < -0.3 is 20.6 Å². The first-order valence-electron chi connectivity index (χ1n) is 7.87. The molecule has 0 saturated carbocycles. The van der Waals surface area contributed by atoms with Gasteiger partial charge in [-0.15, -0.1) is 0 Å². The van der Waals surface area contributed by atoms with E-state index in [2.05, 4.69) is 10.6 Å². The highest BCUT2D eigenvalue weighted by Gasteiger charge is 2.42. The molecule has 0 bridgehead atoms. The molecule has 1 saturated heterocycles. The van der Waals surface area contributed by atoms with Crippen molar-refractivity contribution in [2.24, 2.45) is 11.8 Å². The fourth-order valence-electron chi connectivity index (χ4n) is 2.87. The Bertz CT molecular complexity index is 630. The zero-order valence-electron chi connectivity index (χ0n) is 14.1. The highest BCUT2D eigenvalue weighted by molar-refractivity contribution is 5.95.